The average Bonchev–Trinajstić information content (AvgIpc) is 2.80. The maximum absolute atomic E-state index is 12.5. The first-order valence-electron chi connectivity index (χ1n) is 8.25. The highest BCUT2D eigenvalue weighted by Gasteiger charge is 2.17. The van der Waals surface area contributed by atoms with Gasteiger partial charge in [-0.2, -0.15) is 0 Å². The molecule has 0 saturated heterocycles. The van der Waals surface area contributed by atoms with E-state index in [0.717, 1.165) is 22.7 Å². The minimum Gasteiger partial charge on any atom is -0.485 e. The average molecular weight is 313 g/mol. The van der Waals surface area contributed by atoms with Crippen molar-refractivity contribution in [1.29, 1.82) is 0 Å². The van der Waals surface area contributed by atoms with Crippen LogP contribution in [0.5, 0.6) is 5.75 Å². The Morgan fingerprint density at radius 3 is 2.17 bits per heavy atom. The first kappa shape index (κ1) is 17.3. The number of carbonyl (C=O) groups excluding carboxylic acids is 1. The highest BCUT2D eigenvalue weighted by Crippen LogP contribution is 2.22. The van der Waals surface area contributed by atoms with Crippen LogP contribution in [0.15, 0.2) is 30.3 Å². The maximum atomic E-state index is 12.5. The maximum Gasteiger partial charge on any atom is 0.202 e. The van der Waals surface area contributed by atoms with Crippen LogP contribution in [-0.2, 0) is 0 Å². The molecule has 3 heteroatoms. The third-order valence-electron chi connectivity index (χ3n) is 4.22. The molecule has 124 valence electrons. The van der Waals surface area contributed by atoms with Crippen molar-refractivity contribution in [3.05, 3.63) is 52.8 Å². The molecule has 0 fully saturated rings. The van der Waals surface area contributed by atoms with E-state index in [2.05, 4.69) is 44.4 Å². The first-order valence-corrected chi connectivity index (χ1v) is 8.25. The summed E-state index contributed by atoms with van der Waals surface area (Å²) in [5.41, 5.74) is 4.16. The number of benzene rings is 1. The number of aryl methyl sites for hydroxylation is 1. The molecule has 0 spiro atoms. The fourth-order valence-corrected chi connectivity index (χ4v) is 3.03. The van der Waals surface area contributed by atoms with Crippen LogP contribution in [0.2, 0.25) is 0 Å². The molecule has 0 aliphatic heterocycles. The molecule has 0 amide bonds. The molecular weight excluding hydrogens is 286 g/mol. The lowest BCUT2D eigenvalue weighted by atomic mass is 10.0. The van der Waals surface area contributed by atoms with Crippen LogP contribution in [-0.4, -0.2) is 17.0 Å². The van der Waals surface area contributed by atoms with Gasteiger partial charge in [0.1, 0.15) is 5.75 Å². The molecule has 2 aromatic rings. The molecule has 0 radical (unpaired) electrons. The van der Waals surface area contributed by atoms with Crippen LogP contribution < -0.4 is 4.74 Å². The summed E-state index contributed by atoms with van der Waals surface area (Å²) in [7, 11) is 0. The smallest absolute Gasteiger partial charge is 0.202 e. The Labute approximate surface area is 139 Å². The Balaban J connectivity index is 2.07. The largest absolute Gasteiger partial charge is 0.485 e. The third kappa shape index (κ3) is 3.84. The first-order chi connectivity index (χ1) is 10.8. The molecule has 0 bridgehead atoms. The molecule has 0 aliphatic rings. The standard InChI is InChI=1S/C20H27NO2/c1-13(2)17-7-9-18(10-8-17)23-12-20(22)19-11-15(5)21(14(3)4)16(19)6/h7-11,13-14H,12H2,1-6H3. The topological polar surface area (TPSA) is 31.2 Å². The van der Waals surface area contributed by atoms with E-state index >= 15 is 0 Å². The fourth-order valence-electron chi connectivity index (χ4n) is 3.03. The summed E-state index contributed by atoms with van der Waals surface area (Å²) in [5, 5.41) is 0. The predicted molar refractivity (Wildman–Crippen MR) is 94.6 cm³/mol. The summed E-state index contributed by atoms with van der Waals surface area (Å²) < 4.78 is 7.85. The van der Waals surface area contributed by atoms with Gasteiger partial charge in [-0.15, -0.1) is 0 Å². The lowest BCUT2D eigenvalue weighted by Crippen LogP contribution is -2.13. The van der Waals surface area contributed by atoms with Crippen LogP contribution in [0.25, 0.3) is 0 Å². The number of carbonyl (C=O) groups is 1. The number of hydrogen-bond donors (Lipinski definition) is 0. The van der Waals surface area contributed by atoms with Crippen molar-refractivity contribution in [2.45, 2.75) is 53.5 Å². The van der Waals surface area contributed by atoms with Gasteiger partial charge >= 0.3 is 0 Å². The molecule has 3 nitrogen and oxygen atoms in total. The molecule has 1 aromatic heterocycles. The molecule has 0 unspecified atom stereocenters. The van der Waals surface area contributed by atoms with Crippen molar-refractivity contribution in [1.82, 2.24) is 4.57 Å². The zero-order valence-electron chi connectivity index (χ0n) is 15.0. The second kappa shape index (κ2) is 7.03. The Kier molecular flexibility index (Phi) is 5.30. The molecular formula is C20H27NO2. The van der Waals surface area contributed by atoms with Crippen molar-refractivity contribution in [2.75, 3.05) is 6.61 Å². The number of aromatic nitrogens is 1. The lowest BCUT2D eigenvalue weighted by Gasteiger charge is -2.13. The highest BCUT2D eigenvalue weighted by atomic mass is 16.5. The van der Waals surface area contributed by atoms with E-state index in [4.69, 9.17) is 4.74 Å². The van der Waals surface area contributed by atoms with Crippen molar-refractivity contribution in [3.8, 4) is 5.75 Å². The van der Waals surface area contributed by atoms with Crippen LogP contribution in [0.3, 0.4) is 0 Å². The summed E-state index contributed by atoms with van der Waals surface area (Å²) in [6, 6.07) is 10.3. The molecule has 1 heterocycles. The second-order valence-electron chi connectivity index (χ2n) is 6.68. The molecule has 0 N–H and O–H groups in total. The third-order valence-corrected chi connectivity index (χ3v) is 4.22. The molecule has 0 saturated carbocycles. The van der Waals surface area contributed by atoms with Gasteiger partial charge in [0.15, 0.2) is 6.61 Å². The van der Waals surface area contributed by atoms with Gasteiger partial charge in [0, 0.05) is 23.0 Å². The molecule has 0 aliphatic carbocycles. The minimum atomic E-state index is 0.0259. The summed E-state index contributed by atoms with van der Waals surface area (Å²) in [6.07, 6.45) is 0. The Morgan fingerprint density at radius 1 is 1.09 bits per heavy atom. The second-order valence-corrected chi connectivity index (χ2v) is 6.68. The number of Topliss-reactive ketones (excluding diaryl/α,β-unsaturated/α-hetero) is 1. The van der Waals surface area contributed by atoms with Gasteiger partial charge in [-0.05, 0) is 57.4 Å². The number of ketones is 1. The monoisotopic (exact) mass is 313 g/mol. The summed E-state index contributed by atoms with van der Waals surface area (Å²) in [6.45, 7) is 12.7. The van der Waals surface area contributed by atoms with E-state index < -0.39 is 0 Å². The van der Waals surface area contributed by atoms with Gasteiger partial charge in [0.25, 0.3) is 0 Å². The van der Waals surface area contributed by atoms with Gasteiger partial charge in [-0.25, -0.2) is 0 Å². The number of nitrogens with zero attached hydrogens (tertiary/aromatic N) is 1. The number of rotatable bonds is 6. The fraction of sp³-hybridized carbons (Fsp3) is 0.450. The van der Waals surface area contributed by atoms with E-state index in [-0.39, 0.29) is 12.4 Å². The predicted octanol–water partition coefficient (Wildman–Crippen LogP) is 5.07. The highest BCUT2D eigenvalue weighted by molar-refractivity contribution is 5.98. The van der Waals surface area contributed by atoms with E-state index in [1.807, 2.05) is 32.0 Å². The summed E-state index contributed by atoms with van der Waals surface area (Å²) in [5.74, 6) is 1.26. The Bertz CT molecular complexity index is 678. The number of hydrogen-bond acceptors (Lipinski definition) is 2. The van der Waals surface area contributed by atoms with Gasteiger partial charge < -0.3 is 9.30 Å². The van der Waals surface area contributed by atoms with E-state index in [0.29, 0.717) is 12.0 Å². The lowest BCUT2D eigenvalue weighted by molar-refractivity contribution is 0.0920. The Morgan fingerprint density at radius 2 is 1.70 bits per heavy atom. The van der Waals surface area contributed by atoms with Crippen LogP contribution >= 0.6 is 0 Å². The molecule has 2 rings (SSSR count). The quantitative estimate of drug-likeness (QED) is 0.697. The van der Waals surface area contributed by atoms with Gasteiger partial charge in [0.05, 0.1) is 0 Å². The normalized spacial score (nSPS) is 11.3. The zero-order valence-corrected chi connectivity index (χ0v) is 15.0. The van der Waals surface area contributed by atoms with Crippen LogP contribution in [0.1, 0.15) is 67.0 Å². The molecule has 0 atom stereocenters. The zero-order chi connectivity index (χ0) is 17.1. The van der Waals surface area contributed by atoms with Crippen molar-refractivity contribution < 1.29 is 9.53 Å². The summed E-state index contributed by atoms with van der Waals surface area (Å²) in [4.78, 5) is 12.5. The Hall–Kier alpha value is -2.03. The van der Waals surface area contributed by atoms with Crippen molar-refractivity contribution in [2.24, 2.45) is 0 Å². The van der Waals surface area contributed by atoms with Gasteiger partial charge in [-0.1, -0.05) is 26.0 Å². The minimum absolute atomic E-state index is 0.0259. The van der Waals surface area contributed by atoms with Gasteiger partial charge in [-0.3, -0.25) is 4.79 Å². The van der Waals surface area contributed by atoms with E-state index in [1.54, 1.807) is 0 Å². The van der Waals surface area contributed by atoms with Crippen LogP contribution in [0.4, 0.5) is 0 Å². The van der Waals surface area contributed by atoms with E-state index in [1.165, 1.54) is 5.56 Å². The summed E-state index contributed by atoms with van der Waals surface area (Å²) >= 11 is 0. The van der Waals surface area contributed by atoms with Crippen molar-refractivity contribution >= 4 is 5.78 Å². The molecule has 23 heavy (non-hydrogen) atoms. The van der Waals surface area contributed by atoms with Gasteiger partial charge in [0.2, 0.25) is 5.78 Å². The number of ether oxygens (including phenoxy) is 1. The van der Waals surface area contributed by atoms with Crippen LogP contribution in [0, 0.1) is 13.8 Å². The van der Waals surface area contributed by atoms with E-state index in [9.17, 15) is 4.79 Å². The molecule has 1 aromatic carbocycles. The SMILES string of the molecule is Cc1cc(C(=O)COc2ccc(C(C)C)cc2)c(C)n1C(C)C. The van der Waals surface area contributed by atoms with Crippen molar-refractivity contribution in [3.63, 3.8) is 0 Å².